The second-order valence-corrected chi connectivity index (χ2v) is 8.51. The molecule has 0 aromatic heterocycles. The summed E-state index contributed by atoms with van der Waals surface area (Å²) < 4.78 is 0. The average molecular weight is 419 g/mol. The van der Waals surface area contributed by atoms with E-state index in [-0.39, 0.29) is 22.8 Å². The molecule has 3 rings (SSSR count). The monoisotopic (exact) mass is 418 g/mol. The maximum Gasteiger partial charge on any atom is 0.237 e. The Hall–Kier alpha value is -3.05. The van der Waals surface area contributed by atoms with Gasteiger partial charge in [-0.2, -0.15) is 0 Å². The first-order valence-electron chi connectivity index (χ1n) is 9.92. The summed E-state index contributed by atoms with van der Waals surface area (Å²) in [5.74, 6) is -0.00895. The Morgan fingerprint density at radius 2 is 1.53 bits per heavy atom. The van der Waals surface area contributed by atoms with Crippen molar-refractivity contribution in [2.45, 2.75) is 25.5 Å². The van der Waals surface area contributed by atoms with Gasteiger partial charge in [0.2, 0.25) is 11.8 Å². The van der Waals surface area contributed by atoms with Crippen LogP contribution < -0.4 is 10.6 Å². The van der Waals surface area contributed by atoms with Crippen LogP contribution in [0.25, 0.3) is 0 Å². The van der Waals surface area contributed by atoms with Gasteiger partial charge in [0, 0.05) is 11.4 Å². The van der Waals surface area contributed by atoms with Crippen LogP contribution in [0.15, 0.2) is 78.9 Å². The number of carbonyl (C=O) groups excluding carboxylic acids is 2. The van der Waals surface area contributed by atoms with Gasteiger partial charge in [0.15, 0.2) is 0 Å². The van der Waals surface area contributed by atoms with Gasteiger partial charge in [-0.1, -0.05) is 66.2 Å². The first-order valence-corrected chi connectivity index (χ1v) is 11.0. The first-order chi connectivity index (χ1) is 14.5. The summed E-state index contributed by atoms with van der Waals surface area (Å²) in [6, 6.07) is 25.6. The van der Waals surface area contributed by atoms with Crippen LogP contribution >= 0.6 is 11.8 Å². The SMILES string of the molecule is Cc1ccc(NC(=O)CS[C@H](C)C(=O)Nc2ccccc2Cc2ccccc2)cc1. The molecule has 3 aromatic carbocycles. The molecule has 0 saturated carbocycles. The summed E-state index contributed by atoms with van der Waals surface area (Å²) in [5, 5.41) is 5.53. The van der Waals surface area contributed by atoms with E-state index in [0.717, 1.165) is 28.9 Å². The number of amides is 2. The molecular weight excluding hydrogens is 392 g/mol. The van der Waals surface area contributed by atoms with Crippen molar-refractivity contribution in [2.75, 3.05) is 16.4 Å². The Bertz CT molecular complexity index is 988. The van der Waals surface area contributed by atoms with E-state index in [9.17, 15) is 9.59 Å². The molecule has 1 atom stereocenters. The lowest BCUT2D eigenvalue weighted by Gasteiger charge is -2.15. The lowest BCUT2D eigenvalue weighted by molar-refractivity contribution is -0.115. The second kappa shape index (κ2) is 10.6. The molecule has 0 unspecified atom stereocenters. The summed E-state index contributed by atoms with van der Waals surface area (Å²) in [5.41, 5.74) is 4.96. The molecule has 0 aliphatic rings. The van der Waals surface area contributed by atoms with Crippen molar-refractivity contribution < 1.29 is 9.59 Å². The fourth-order valence-electron chi connectivity index (χ4n) is 2.96. The Morgan fingerprint density at radius 1 is 0.867 bits per heavy atom. The van der Waals surface area contributed by atoms with Crippen molar-refractivity contribution >= 4 is 35.0 Å². The minimum absolute atomic E-state index is 0.108. The van der Waals surface area contributed by atoms with Gasteiger partial charge in [0.25, 0.3) is 0 Å². The third kappa shape index (κ3) is 6.49. The zero-order valence-corrected chi connectivity index (χ0v) is 18.0. The zero-order chi connectivity index (χ0) is 21.3. The van der Waals surface area contributed by atoms with Gasteiger partial charge in [-0.25, -0.2) is 0 Å². The largest absolute Gasteiger partial charge is 0.325 e. The highest BCUT2D eigenvalue weighted by atomic mass is 32.2. The molecule has 2 amide bonds. The standard InChI is InChI=1S/C25H26N2O2S/c1-18-12-14-22(15-13-18)26-24(28)17-30-19(2)25(29)27-23-11-7-6-10-21(23)16-20-8-4-3-5-9-20/h3-15,19H,16-17H2,1-2H3,(H,26,28)(H,27,29)/t19-/m1/s1. The third-order valence-corrected chi connectivity index (χ3v) is 5.82. The Kier molecular flexibility index (Phi) is 7.69. The molecule has 0 radical (unpaired) electrons. The number of hydrogen-bond donors (Lipinski definition) is 2. The molecule has 0 fully saturated rings. The quantitative estimate of drug-likeness (QED) is 0.523. The molecule has 154 valence electrons. The van der Waals surface area contributed by atoms with E-state index in [2.05, 4.69) is 22.8 Å². The van der Waals surface area contributed by atoms with Gasteiger partial charge >= 0.3 is 0 Å². The molecule has 30 heavy (non-hydrogen) atoms. The van der Waals surface area contributed by atoms with Crippen molar-refractivity contribution in [3.63, 3.8) is 0 Å². The maximum atomic E-state index is 12.7. The van der Waals surface area contributed by atoms with Crippen molar-refractivity contribution in [1.29, 1.82) is 0 Å². The molecule has 0 saturated heterocycles. The number of aryl methyl sites for hydroxylation is 1. The van der Waals surface area contributed by atoms with Gasteiger partial charge in [-0.15, -0.1) is 11.8 Å². The number of thioether (sulfide) groups is 1. The molecule has 0 heterocycles. The van der Waals surface area contributed by atoms with Crippen molar-refractivity contribution in [3.05, 3.63) is 95.6 Å². The van der Waals surface area contributed by atoms with E-state index in [1.54, 1.807) is 0 Å². The van der Waals surface area contributed by atoms with E-state index >= 15 is 0 Å². The first kappa shape index (κ1) is 21.7. The average Bonchev–Trinajstić information content (AvgIpc) is 2.75. The predicted octanol–water partition coefficient (Wildman–Crippen LogP) is 5.28. The maximum absolute atomic E-state index is 12.7. The number of nitrogens with one attached hydrogen (secondary N) is 2. The predicted molar refractivity (Wildman–Crippen MR) is 126 cm³/mol. The lowest BCUT2D eigenvalue weighted by atomic mass is 10.0. The molecule has 0 spiro atoms. The van der Waals surface area contributed by atoms with Crippen LogP contribution in [0.4, 0.5) is 11.4 Å². The number of hydrogen-bond acceptors (Lipinski definition) is 3. The Morgan fingerprint density at radius 3 is 2.27 bits per heavy atom. The second-order valence-electron chi connectivity index (χ2n) is 7.18. The highest BCUT2D eigenvalue weighted by molar-refractivity contribution is 8.01. The summed E-state index contributed by atoms with van der Waals surface area (Å²) in [4.78, 5) is 24.8. The molecule has 0 aliphatic carbocycles. The van der Waals surface area contributed by atoms with Gasteiger partial charge in [0.05, 0.1) is 11.0 Å². The molecule has 3 aromatic rings. The summed E-state index contributed by atoms with van der Waals surface area (Å²) in [6.45, 7) is 3.82. The van der Waals surface area contributed by atoms with Crippen LogP contribution in [0.1, 0.15) is 23.6 Å². The van der Waals surface area contributed by atoms with Gasteiger partial charge in [-0.3, -0.25) is 9.59 Å². The summed E-state index contributed by atoms with van der Waals surface area (Å²) >= 11 is 1.32. The van der Waals surface area contributed by atoms with E-state index in [4.69, 9.17) is 0 Å². The zero-order valence-electron chi connectivity index (χ0n) is 17.2. The van der Waals surface area contributed by atoms with Crippen LogP contribution in [-0.4, -0.2) is 22.8 Å². The van der Waals surface area contributed by atoms with E-state index in [1.165, 1.54) is 17.3 Å². The summed E-state index contributed by atoms with van der Waals surface area (Å²) in [7, 11) is 0. The van der Waals surface area contributed by atoms with Crippen LogP contribution in [0.2, 0.25) is 0 Å². The molecule has 2 N–H and O–H groups in total. The number of anilines is 2. The fraction of sp³-hybridized carbons (Fsp3) is 0.200. The minimum Gasteiger partial charge on any atom is -0.325 e. The van der Waals surface area contributed by atoms with Crippen molar-refractivity contribution in [1.82, 2.24) is 0 Å². The van der Waals surface area contributed by atoms with Gasteiger partial charge < -0.3 is 10.6 Å². The van der Waals surface area contributed by atoms with E-state index in [0.29, 0.717) is 0 Å². The number of rotatable bonds is 8. The minimum atomic E-state index is -0.349. The van der Waals surface area contributed by atoms with Gasteiger partial charge in [0.1, 0.15) is 0 Å². The molecule has 0 bridgehead atoms. The van der Waals surface area contributed by atoms with E-state index in [1.807, 2.05) is 80.6 Å². The van der Waals surface area contributed by atoms with Gasteiger partial charge in [-0.05, 0) is 49.6 Å². The van der Waals surface area contributed by atoms with Crippen LogP contribution in [0, 0.1) is 6.92 Å². The molecule has 4 nitrogen and oxygen atoms in total. The highest BCUT2D eigenvalue weighted by Crippen LogP contribution is 2.21. The Labute approximate surface area is 182 Å². The van der Waals surface area contributed by atoms with Crippen LogP contribution in [0.3, 0.4) is 0 Å². The normalized spacial score (nSPS) is 11.5. The summed E-state index contributed by atoms with van der Waals surface area (Å²) in [6.07, 6.45) is 0.748. The smallest absolute Gasteiger partial charge is 0.237 e. The lowest BCUT2D eigenvalue weighted by Crippen LogP contribution is -2.25. The molecular formula is C25H26N2O2S. The molecule has 5 heteroatoms. The molecule has 0 aliphatic heterocycles. The van der Waals surface area contributed by atoms with Crippen molar-refractivity contribution in [2.24, 2.45) is 0 Å². The van der Waals surface area contributed by atoms with E-state index < -0.39 is 0 Å². The fourth-order valence-corrected chi connectivity index (χ4v) is 3.64. The Balaban J connectivity index is 1.53. The van der Waals surface area contributed by atoms with Crippen LogP contribution in [-0.2, 0) is 16.0 Å². The van der Waals surface area contributed by atoms with Crippen LogP contribution in [0.5, 0.6) is 0 Å². The number of benzene rings is 3. The topological polar surface area (TPSA) is 58.2 Å². The third-order valence-electron chi connectivity index (χ3n) is 4.68. The number of carbonyl (C=O) groups is 2. The number of para-hydroxylation sites is 1. The van der Waals surface area contributed by atoms with Crippen molar-refractivity contribution in [3.8, 4) is 0 Å². The highest BCUT2D eigenvalue weighted by Gasteiger charge is 2.17.